The van der Waals surface area contributed by atoms with Crippen LogP contribution in [-0.4, -0.2) is 75.9 Å². The van der Waals surface area contributed by atoms with Crippen LogP contribution in [0.25, 0.3) is 0 Å². The molecule has 2 fully saturated rings. The second-order valence-corrected chi connectivity index (χ2v) is 17.0. The molecule has 0 radical (unpaired) electrons. The Kier molecular flexibility index (Phi) is 10.9. The maximum Gasteiger partial charge on any atom is 0.306 e. The van der Waals surface area contributed by atoms with Gasteiger partial charge in [0, 0.05) is 50.2 Å². The fourth-order valence-electron chi connectivity index (χ4n) is 8.76. The fourth-order valence-corrected chi connectivity index (χ4v) is 8.76. The van der Waals surface area contributed by atoms with Gasteiger partial charge in [0.15, 0.2) is 11.6 Å². The van der Waals surface area contributed by atoms with Gasteiger partial charge in [0.05, 0.1) is 23.0 Å². The van der Waals surface area contributed by atoms with Gasteiger partial charge in [-0.25, -0.2) is 4.99 Å². The topological polar surface area (TPSA) is 103 Å². The monoisotopic (exact) mass is 702 g/mol. The number of nitrogens with zero attached hydrogens (tertiary/aromatic N) is 4. The molecule has 8 heteroatoms. The van der Waals surface area contributed by atoms with Gasteiger partial charge in [0.1, 0.15) is 0 Å². The van der Waals surface area contributed by atoms with Crippen molar-refractivity contribution >= 4 is 28.9 Å². The summed E-state index contributed by atoms with van der Waals surface area (Å²) in [5.74, 6) is 0.0901. The van der Waals surface area contributed by atoms with Crippen molar-refractivity contribution in [3.05, 3.63) is 94.3 Å². The third-order valence-corrected chi connectivity index (χ3v) is 12.2. The van der Waals surface area contributed by atoms with E-state index in [2.05, 4.69) is 67.0 Å². The van der Waals surface area contributed by atoms with E-state index in [0.717, 1.165) is 81.9 Å². The molecule has 0 spiro atoms. The Morgan fingerprint density at radius 3 is 2.40 bits per heavy atom. The normalized spacial score (nSPS) is 20.4. The minimum absolute atomic E-state index is 0.0443. The van der Waals surface area contributed by atoms with Crippen LogP contribution in [0.1, 0.15) is 104 Å². The zero-order valence-electron chi connectivity index (χ0n) is 31.2. The molecule has 0 bridgehead atoms. The molecule has 2 atom stereocenters. The minimum Gasteiger partial charge on any atom is -0.481 e. The Hall–Kier alpha value is -4.01. The molecule has 3 aliphatic heterocycles. The van der Waals surface area contributed by atoms with E-state index >= 15 is 0 Å². The lowest BCUT2D eigenvalue weighted by molar-refractivity contribution is -0.143. The summed E-state index contributed by atoms with van der Waals surface area (Å²) in [7, 11) is 0. The van der Waals surface area contributed by atoms with Gasteiger partial charge in [-0.05, 0) is 110 Å². The molecule has 8 nitrogen and oxygen atoms in total. The number of pyridine rings is 1. The first kappa shape index (κ1) is 36.4. The van der Waals surface area contributed by atoms with Crippen molar-refractivity contribution in [2.45, 2.75) is 91.0 Å². The number of fused-ring (bicyclic) bond motifs is 2. The largest absolute Gasteiger partial charge is 0.481 e. The number of aromatic nitrogens is 1. The van der Waals surface area contributed by atoms with Crippen LogP contribution in [0, 0.1) is 23.2 Å². The summed E-state index contributed by atoms with van der Waals surface area (Å²) in [5, 5.41) is 9.48. The summed E-state index contributed by atoms with van der Waals surface area (Å²) in [6.45, 7) is 12.0. The third kappa shape index (κ3) is 8.61. The first-order valence-corrected chi connectivity index (χ1v) is 19.5. The van der Waals surface area contributed by atoms with Crippen LogP contribution in [0.2, 0.25) is 0 Å². The number of rotatable bonds is 13. The number of benzene rings is 2. The number of carboxylic acid groups (broad SMARTS) is 1. The Bertz CT molecular complexity index is 1820. The number of carbonyl (C=O) groups excluding carboxylic acids is 2. The number of carboxylic acids is 1. The van der Waals surface area contributed by atoms with Gasteiger partial charge in [-0.15, -0.1) is 0 Å². The molecule has 4 aliphatic rings. The molecule has 2 saturated heterocycles. The van der Waals surface area contributed by atoms with E-state index in [-0.39, 0.29) is 28.8 Å². The summed E-state index contributed by atoms with van der Waals surface area (Å²) >= 11 is 0. The quantitative estimate of drug-likeness (QED) is 0.184. The lowest BCUT2D eigenvalue weighted by atomic mass is 9.71. The summed E-state index contributed by atoms with van der Waals surface area (Å²) < 4.78 is 0. The van der Waals surface area contributed by atoms with Crippen molar-refractivity contribution in [1.82, 2.24) is 14.8 Å². The van der Waals surface area contributed by atoms with E-state index in [1.807, 2.05) is 24.3 Å². The standard InChI is InChI=1S/C44H54N4O4/c1-44(2,3)36-12-13-37-35(22-36)23-38-39(45-37)25-40(46-38)42(50)24-33(16-19-47-17-14-31(15-18-47)43(51)52)32-10-7-11-34(21-32)41(49)20-30-27-48(28-30)26-29-8-5-4-6-9-29/h4-11,21,23,30-31,33,36H,12-20,22,24-28H2,1-3H3,(H,51,52)/t33-,36-/m0/s1. The highest BCUT2D eigenvalue weighted by Crippen LogP contribution is 2.40. The van der Waals surface area contributed by atoms with E-state index < -0.39 is 5.97 Å². The van der Waals surface area contributed by atoms with Crippen LogP contribution < -0.4 is 0 Å². The molecule has 4 heterocycles. The van der Waals surface area contributed by atoms with Gasteiger partial charge in [0.2, 0.25) is 0 Å². The first-order chi connectivity index (χ1) is 25.0. The average molecular weight is 703 g/mol. The number of hydrogen-bond donors (Lipinski definition) is 1. The predicted molar refractivity (Wildman–Crippen MR) is 204 cm³/mol. The van der Waals surface area contributed by atoms with Gasteiger partial charge in [-0.2, -0.15) is 0 Å². The predicted octanol–water partition coefficient (Wildman–Crippen LogP) is 7.50. The first-order valence-electron chi connectivity index (χ1n) is 19.5. The van der Waals surface area contributed by atoms with Gasteiger partial charge < -0.3 is 10.0 Å². The van der Waals surface area contributed by atoms with Crippen molar-refractivity contribution in [1.29, 1.82) is 0 Å². The Balaban J connectivity index is 1.02. The van der Waals surface area contributed by atoms with Crippen LogP contribution in [0.5, 0.6) is 0 Å². The Labute approximate surface area is 308 Å². The fraction of sp³-hybridized carbons (Fsp3) is 0.523. The summed E-state index contributed by atoms with van der Waals surface area (Å²) in [6, 6.07) is 20.6. The zero-order valence-corrected chi connectivity index (χ0v) is 31.2. The van der Waals surface area contributed by atoms with E-state index in [1.165, 1.54) is 16.8 Å². The molecule has 0 amide bonds. The number of hydrogen-bond acceptors (Lipinski definition) is 7. The molecule has 0 unspecified atom stereocenters. The highest BCUT2D eigenvalue weighted by molar-refractivity contribution is 6.41. The summed E-state index contributed by atoms with van der Waals surface area (Å²) in [6.07, 6.45) is 6.48. The number of piperidine rings is 1. The number of carbonyl (C=O) groups is 3. The molecule has 3 aromatic rings. The maximum absolute atomic E-state index is 14.0. The highest BCUT2D eigenvalue weighted by atomic mass is 16.4. The smallest absolute Gasteiger partial charge is 0.306 e. The molecule has 1 aromatic heterocycles. The van der Waals surface area contributed by atoms with Gasteiger partial charge >= 0.3 is 5.97 Å². The summed E-state index contributed by atoms with van der Waals surface area (Å²) in [5.41, 5.74) is 8.06. The molecule has 274 valence electrons. The lowest BCUT2D eigenvalue weighted by Crippen LogP contribution is -2.46. The van der Waals surface area contributed by atoms with E-state index in [0.29, 0.717) is 55.2 Å². The van der Waals surface area contributed by atoms with Gasteiger partial charge in [0.25, 0.3) is 0 Å². The number of aliphatic imine (C=N–C) groups is 1. The van der Waals surface area contributed by atoms with E-state index in [1.54, 1.807) is 0 Å². The molecule has 2 aromatic carbocycles. The van der Waals surface area contributed by atoms with Gasteiger partial charge in [-0.3, -0.25) is 24.3 Å². The second kappa shape index (κ2) is 15.5. The number of ketones is 2. The molecule has 7 rings (SSSR count). The molecule has 0 saturated carbocycles. The lowest BCUT2D eigenvalue weighted by Gasteiger charge is -2.39. The van der Waals surface area contributed by atoms with Crippen molar-refractivity contribution in [2.75, 3.05) is 32.7 Å². The molecular weight excluding hydrogens is 649 g/mol. The van der Waals surface area contributed by atoms with Crippen LogP contribution in [0.15, 0.2) is 65.7 Å². The molecule has 52 heavy (non-hydrogen) atoms. The average Bonchev–Trinajstić information content (AvgIpc) is 3.54. The van der Waals surface area contributed by atoms with Crippen molar-refractivity contribution in [3.63, 3.8) is 0 Å². The van der Waals surface area contributed by atoms with Gasteiger partial charge in [-0.1, -0.05) is 69.3 Å². The molecule has 1 N–H and O–H groups in total. The third-order valence-electron chi connectivity index (χ3n) is 12.2. The molecular formula is C44H54N4O4. The second-order valence-electron chi connectivity index (χ2n) is 17.0. The summed E-state index contributed by atoms with van der Waals surface area (Å²) in [4.78, 5) is 53.7. The van der Waals surface area contributed by atoms with Crippen LogP contribution >= 0.6 is 0 Å². The van der Waals surface area contributed by atoms with Crippen molar-refractivity contribution in [2.24, 2.45) is 28.2 Å². The number of likely N-dealkylation sites (tertiary alicyclic amines) is 2. The highest BCUT2D eigenvalue weighted by Gasteiger charge is 2.33. The van der Waals surface area contributed by atoms with Crippen LogP contribution in [-0.2, 0) is 35.4 Å². The van der Waals surface area contributed by atoms with Crippen LogP contribution in [0.4, 0.5) is 5.69 Å². The number of Topliss-reactive ketones (excluding diaryl/α,β-unsaturated/α-hetero) is 2. The Morgan fingerprint density at radius 2 is 1.67 bits per heavy atom. The minimum atomic E-state index is -0.710. The van der Waals surface area contributed by atoms with Crippen molar-refractivity contribution in [3.8, 4) is 0 Å². The Morgan fingerprint density at radius 1 is 0.904 bits per heavy atom. The van der Waals surface area contributed by atoms with Crippen molar-refractivity contribution < 1.29 is 19.5 Å². The van der Waals surface area contributed by atoms with E-state index in [4.69, 9.17) is 9.98 Å². The van der Waals surface area contributed by atoms with E-state index in [9.17, 15) is 19.5 Å². The maximum atomic E-state index is 14.0. The molecule has 1 aliphatic carbocycles. The SMILES string of the molecule is CC(C)(C)[C@H]1CCc2nc3c(cc2C1)N=C(C(=O)C[C@H](CCN1CCC(C(=O)O)CC1)c1cccc(C(=O)CC2CN(Cc4ccccc4)C2)c1)C3. The number of aryl methyl sites for hydroxylation is 1. The number of aliphatic carboxylic acids is 1. The zero-order chi connectivity index (χ0) is 36.4. The van der Waals surface area contributed by atoms with Crippen LogP contribution in [0.3, 0.4) is 0 Å².